The molecule has 0 aliphatic carbocycles. The van der Waals surface area contributed by atoms with Gasteiger partial charge in [-0.25, -0.2) is 13.2 Å². The lowest BCUT2D eigenvalue weighted by Gasteiger charge is -2.27. The summed E-state index contributed by atoms with van der Waals surface area (Å²) in [5.41, 5.74) is 3.94. The predicted octanol–water partition coefficient (Wildman–Crippen LogP) is 3.59. The normalized spacial score (nSPS) is 16.5. The van der Waals surface area contributed by atoms with E-state index in [1.165, 1.54) is 11.0 Å². The number of rotatable bonds is 6. The first kappa shape index (κ1) is 22.5. The Morgan fingerprint density at radius 1 is 0.970 bits per heavy atom. The Morgan fingerprint density at radius 2 is 1.61 bits per heavy atom. The third-order valence-corrected chi connectivity index (χ3v) is 6.88. The van der Waals surface area contributed by atoms with Gasteiger partial charge >= 0.3 is 5.97 Å². The highest BCUT2D eigenvalue weighted by Crippen LogP contribution is 2.23. The van der Waals surface area contributed by atoms with Crippen molar-refractivity contribution < 1.29 is 22.7 Å². The molecule has 7 nitrogen and oxygen atoms in total. The summed E-state index contributed by atoms with van der Waals surface area (Å²) in [6.07, 6.45) is 1.48. The van der Waals surface area contributed by atoms with Crippen LogP contribution in [0.5, 0.6) is 0 Å². The highest BCUT2D eigenvalue weighted by Gasteiger charge is 2.31. The van der Waals surface area contributed by atoms with Gasteiger partial charge in [-0.2, -0.15) is 0 Å². The lowest BCUT2D eigenvalue weighted by molar-refractivity contribution is -0.121. The maximum Gasteiger partial charge on any atom is 0.338 e. The van der Waals surface area contributed by atoms with Gasteiger partial charge in [0.1, 0.15) is 0 Å². The zero-order valence-corrected chi connectivity index (χ0v) is 19.2. The largest absolute Gasteiger partial charge is 0.452 e. The zero-order chi connectivity index (χ0) is 23.6. The summed E-state index contributed by atoms with van der Waals surface area (Å²) in [5.74, 6) is -1.34. The highest BCUT2D eigenvalue weighted by molar-refractivity contribution is 7.94. The van der Waals surface area contributed by atoms with Crippen molar-refractivity contribution in [2.45, 2.75) is 19.9 Å². The van der Waals surface area contributed by atoms with Crippen LogP contribution >= 0.6 is 0 Å². The Bertz CT molecular complexity index is 1290. The predicted molar refractivity (Wildman–Crippen MR) is 126 cm³/mol. The first-order chi connectivity index (χ1) is 15.7. The first-order valence-electron chi connectivity index (χ1n) is 10.5. The number of hydrogen-bond donors (Lipinski definition) is 0. The molecule has 33 heavy (non-hydrogen) atoms. The molecule has 170 valence electrons. The zero-order valence-electron chi connectivity index (χ0n) is 18.3. The molecule has 1 amide bonds. The molecule has 0 N–H and O–H groups in total. The van der Waals surface area contributed by atoms with E-state index in [0.717, 1.165) is 22.5 Å². The minimum Gasteiger partial charge on any atom is -0.452 e. The third kappa shape index (κ3) is 4.90. The minimum absolute atomic E-state index is 0.207. The number of nitrogens with zero attached hydrogens (tertiary/aromatic N) is 2. The van der Waals surface area contributed by atoms with Crippen LogP contribution in [0.15, 0.2) is 78.2 Å². The van der Waals surface area contributed by atoms with Crippen LogP contribution in [0.2, 0.25) is 0 Å². The molecule has 0 radical (unpaired) electrons. The summed E-state index contributed by atoms with van der Waals surface area (Å²) in [5, 5.41) is 1.11. The van der Waals surface area contributed by atoms with Gasteiger partial charge in [0.2, 0.25) is 0 Å². The number of amides is 1. The number of aromatic nitrogens is 1. The van der Waals surface area contributed by atoms with Crippen LogP contribution in [-0.2, 0) is 19.4 Å². The van der Waals surface area contributed by atoms with Gasteiger partial charge in [-0.3, -0.25) is 4.79 Å². The van der Waals surface area contributed by atoms with Crippen LogP contribution in [0.1, 0.15) is 21.7 Å². The first-order valence-corrected chi connectivity index (χ1v) is 12.2. The number of para-hydroxylation sites is 1. The molecule has 0 fully saturated rings. The van der Waals surface area contributed by atoms with E-state index in [2.05, 4.69) is 4.57 Å². The Labute approximate surface area is 192 Å². The topological polar surface area (TPSA) is 85.7 Å². The molecular formula is C25H24N2O5S. The summed E-state index contributed by atoms with van der Waals surface area (Å²) in [7, 11) is -3.37. The van der Waals surface area contributed by atoms with E-state index in [1.54, 1.807) is 42.5 Å². The van der Waals surface area contributed by atoms with Crippen LogP contribution < -0.4 is 4.90 Å². The Morgan fingerprint density at radius 3 is 2.18 bits per heavy atom. The molecule has 0 saturated carbocycles. The van der Waals surface area contributed by atoms with Crippen LogP contribution in [0.25, 0.3) is 5.69 Å². The standard InChI is InChI=1S/C25H24N2O5S/c1-18-8-9-19(2)26(18)22-12-10-20(11-13-22)25(29)32-16-24(28)27(21-6-4-3-5-7-21)23-14-15-33(30,31)17-23/h3-15,23H,16-17H2,1-2H3. The second-order valence-corrected chi connectivity index (χ2v) is 9.83. The molecule has 1 aromatic heterocycles. The number of ether oxygens (including phenoxy) is 1. The second-order valence-electron chi connectivity index (χ2n) is 7.90. The Kier molecular flexibility index (Phi) is 6.20. The average Bonchev–Trinajstić information content (AvgIpc) is 3.33. The molecule has 2 aromatic carbocycles. The molecule has 4 rings (SSSR count). The van der Waals surface area contributed by atoms with Gasteiger partial charge in [0.25, 0.3) is 5.91 Å². The number of esters is 1. The molecule has 0 saturated heterocycles. The lowest BCUT2D eigenvalue weighted by Crippen LogP contribution is -2.43. The molecule has 8 heteroatoms. The summed E-state index contributed by atoms with van der Waals surface area (Å²) in [6.45, 7) is 3.50. The van der Waals surface area contributed by atoms with Crippen molar-refractivity contribution in [2.75, 3.05) is 17.3 Å². The number of anilines is 1. The summed E-state index contributed by atoms with van der Waals surface area (Å²) in [6, 6.07) is 19.1. The van der Waals surface area contributed by atoms with Crippen LogP contribution in [0, 0.1) is 13.8 Å². The number of hydrogen-bond acceptors (Lipinski definition) is 5. The fourth-order valence-electron chi connectivity index (χ4n) is 3.93. The minimum atomic E-state index is -3.37. The molecular weight excluding hydrogens is 440 g/mol. The van der Waals surface area contributed by atoms with E-state index in [1.807, 2.05) is 38.1 Å². The molecule has 0 bridgehead atoms. The van der Waals surface area contributed by atoms with E-state index >= 15 is 0 Å². The highest BCUT2D eigenvalue weighted by atomic mass is 32.2. The van der Waals surface area contributed by atoms with Crippen molar-refractivity contribution in [2.24, 2.45) is 0 Å². The third-order valence-electron chi connectivity index (χ3n) is 5.50. The van der Waals surface area contributed by atoms with E-state index in [4.69, 9.17) is 4.74 Å². The number of carbonyl (C=O) groups excluding carboxylic acids is 2. The van der Waals surface area contributed by atoms with Gasteiger partial charge in [-0.1, -0.05) is 18.2 Å². The van der Waals surface area contributed by atoms with Crippen LogP contribution in [-0.4, -0.2) is 43.3 Å². The molecule has 1 aliphatic heterocycles. The maximum absolute atomic E-state index is 13.0. The Hall–Kier alpha value is -3.65. The van der Waals surface area contributed by atoms with E-state index in [9.17, 15) is 18.0 Å². The smallest absolute Gasteiger partial charge is 0.338 e. The number of aryl methyl sites for hydroxylation is 2. The fourth-order valence-corrected chi connectivity index (χ4v) is 5.20. The van der Waals surface area contributed by atoms with Crippen molar-refractivity contribution >= 4 is 27.4 Å². The van der Waals surface area contributed by atoms with Gasteiger partial charge in [0, 0.05) is 28.2 Å². The number of benzene rings is 2. The van der Waals surface area contributed by atoms with E-state index < -0.39 is 34.4 Å². The number of carbonyl (C=O) groups is 2. The van der Waals surface area contributed by atoms with Crippen LogP contribution in [0.4, 0.5) is 5.69 Å². The monoisotopic (exact) mass is 464 g/mol. The molecule has 1 atom stereocenters. The van der Waals surface area contributed by atoms with E-state index in [0.29, 0.717) is 11.3 Å². The summed E-state index contributed by atoms with van der Waals surface area (Å²) in [4.78, 5) is 26.9. The van der Waals surface area contributed by atoms with Gasteiger partial charge in [0.15, 0.2) is 16.4 Å². The lowest BCUT2D eigenvalue weighted by atomic mass is 10.2. The fraction of sp³-hybridized carbons (Fsp3) is 0.200. The summed E-state index contributed by atoms with van der Waals surface area (Å²) >= 11 is 0. The Balaban J connectivity index is 1.46. The molecule has 1 unspecified atom stereocenters. The summed E-state index contributed by atoms with van der Waals surface area (Å²) < 4.78 is 31.1. The SMILES string of the molecule is Cc1ccc(C)n1-c1ccc(C(=O)OCC(=O)N(c2ccccc2)C2C=CS(=O)(=O)C2)cc1. The molecule has 1 aliphatic rings. The number of sulfone groups is 1. The van der Waals surface area contributed by atoms with Crippen LogP contribution in [0.3, 0.4) is 0 Å². The molecule has 2 heterocycles. The van der Waals surface area contributed by atoms with E-state index in [-0.39, 0.29) is 5.75 Å². The van der Waals surface area contributed by atoms with Gasteiger partial charge in [-0.05, 0) is 68.5 Å². The second kappa shape index (κ2) is 9.07. The molecule has 0 spiro atoms. The van der Waals surface area contributed by atoms with Crippen molar-refractivity contribution in [1.29, 1.82) is 0 Å². The van der Waals surface area contributed by atoms with Gasteiger partial charge < -0.3 is 14.2 Å². The van der Waals surface area contributed by atoms with Gasteiger partial charge in [0.05, 0.1) is 17.4 Å². The average molecular weight is 465 g/mol. The maximum atomic E-state index is 13.0. The van der Waals surface area contributed by atoms with Crippen molar-refractivity contribution in [3.63, 3.8) is 0 Å². The quantitative estimate of drug-likeness (QED) is 0.521. The van der Waals surface area contributed by atoms with Gasteiger partial charge in [-0.15, -0.1) is 0 Å². The van der Waals surface area contributed by atoms with Crippen molar-refractivity contribution in [1.82, 2.24) is 4.57 Å². The van der Waals surface area contributed by atoms with Crippen molar-refractivity contribution in [3.05, 3.63) is 95.2 Å². The molecule has 3 aromatic rings. The van der Waals surface area contributed by atoms with Crippen molar-refractivity contribution in [3.8, 4) is 5.69 Å².